The number of nitrogen functional groups attached to an aromatic ring is 1. The van der Waals surface area contributed by atoms with Gasteiger partial charge in [-0.05, 0) is 26.2 Å². The topological polar surface area (TPSA) is 93.3 Å². The molecule has 1 unspecified atom stereocenters. The minimum absolute atomic E-state index is 0.0232. The van der Waals surface area contributed by atoms with E-state index in [2.05, 4.69) is 15.3 Å². The Kier molecular flexibility index (Phi) is 4.55. The first kappa shape index (κ1) is 14.0. The lowest BCUT2D eigenvalue weighted by atomic mass is 10.2. The summed E-state index contributed by atoms with van der Waals surface area (Å²) < 4.78 is 5.14. The predicted octanol–water partition coefficient (Wildman–Crippen LogP) is 1.05. The summed E-state index contributed by atoms with van der Waals surface area (Å²) in [5.74, 6) is 2.57. The van der Waals surface area contributed by atoms with Gasteiger partial charge in [0.15, 0.2) is 0 Å². The maximum absolute atomic E-state index is 9.07. The maximum Gasteiger partial charge on any atom is 0.136 e. The number of nitrogens with two attached hydrogens (primary N) is 1. The lowest BCUT2D eigenvalue weighted by molar-refractivity contribution is 0.170. The summed E-state index contributed by atoms with van der Waals surface area (Å²) in [5.41, 5.74) is 6.79. The SMILES string of the molecule is COCC(CCO)Nc1nc(C2CC2)nc(N)c1C. The number of methoxy groups -OCH3 is 1. The molecule has 1 aliphatic rings. The zero-order valence-electron chi connectivity index (χ0n) is 11.5. The standard InChI is InChI=1S/C13H22N4O2/c1-8-11(14)16-13(9-3-4-9)17-12(8)15-10(5-6-18)7-19-2/h9-10,18H,3-7H2,1-2H3,(H3,14,15,16,17). The molecule has 6 heteroatoms. The van der Waals surface area contributed by atoms with Crippen LogP contribution in [0.1, 0.15) is 36.6 Å². The second-order valence-corrected chi connectivity index (χ2v) is 5.02. The van der Waals surface area contributed by atoms with E-state index in [0.717, 1.165) is 30.0 Å². The van der Waals surface area contributed by atoms with Crippen LogP contribution in [0.3, 0.4) is 0 Å². The third-order valence-electron chi connectivity index (χ3n) is 3.33. The monoisotopic (exact) mass is 266 g/mol. The molecule has 1 aliphatic carbocycles. The fraction of sp³-hybridized carbons (Fsp3) is 0.692. The van der Waals surface area contributed by atoms with Crippen LogP contribution in [0.5, 0.6) is 0 Å². The van der Waals surface area contributed by atoms with Crippen molar-refractivity contribution in [2.24, 2.45) is 0 Å². The summed E-state index contributed by atoms with van der Waals surface area (Å²) in [4.78, 5) is 8.90. The molecule has 1 fully saturated rings. The summed E-state index contributed by atoms with van der Waals surface area (Å²) >= 11 is 0. The molecule has 0 saturated heterocycles. The molecule has 106 valence electrons. The predicted molar refractivity (Wildman–Crippen MR) is 74.1 cm³/mol. The fourth-order valence-corrected chi connectivity index (χ4v) is 1.96. The van der Waals surface area contributed by atoms with Crippen LogP contribution in [0, 0.1) is 6.92 Å². The Morgan fingerprint density at radius 2 is 2.21 bits per heavy atom. The van der Waals surface area contributed by atoms with Gasteiger partial charge in [-0.15, -0.1) is 0 Å². The number of nitrogens with one attached hydrogen (secondary N) is 1. The summed E-state index contributed by atoms with van der Waals surface area (Å²) in [6.45, 7) is 2.52. The Morgan fingerprint density at radius 1 is 1.47 bits per heavy atom. The van der Waals surface area contributed by atoms with Gasteiger partial charge in [0.2, 0.25) is 0 Å². The van der Waals surface area contributed by atoms with Crippen LogP contribution in [0.15, 0.2) is 0 Å². The molecule has 0 aliphatic heterocycles. The first-order valence-corrected chi connectivity index (χ1v) is 6.66. The molecule has 4 N–H and O–H groups in total. The number of hydrogen-bond donors (Lipinski definition) is 3. The van der Waals surface area contributed by atoms with E-state index in [1.165, 1.54) is 0 Å². The Hall–Kier alpha value is -1.40. The summed E-state index contributed by atoms with van der Waals surface area (Å²) in [6, 6.07) is 0.0232. The van der Waals surface area contributed by atoms with Crippen LogP contribution in [0.25, 0.3) is 0 Å². The van der Waals surface area contributed by atoms with E-state index >= 15 is 0 Å². The number of aliphatic hydroxyl groups is 1. The van der Waals surface area contributed by atoms with Gasteiger partial charge in [0.1, 0.15) is 17.5 Å². The number of hydrogen-bond acceptors (Lipinski definition) is 6. The van der Waals surface area contributed by atoms with Crippen LogP contribution in [-0.2, 0) is 4.74 Å². The van der Waals surface area contributed by atoms with Gasteiger partial charge in [0, 0.05) is 25.2 Å². The van der Waals surface area contributed by atoms with Crippen molar-refractivity contribution in [2.45, 2.75) is 38.1 Å². The van der Waals surface area contributed by atoms with Crippen molar-refractivity contribution >= 4 is 11.6 Å². The number of nitrogens with zero attached hydrogens (tertiary/aromatic N) is 2. The van der Waals surface area contributed by atoms with Crippen LogP contribution < -0.4 is 11.1 Å². The van der Waals surface area contributed by atoms with Gasteiger partial charge in [-0.2, -0.15) is 0 Å². The van der Waals surface area contributed by atoms with Crippen molar-refractivity contribution in [3.63, 3.8) is 0 Å². The molecule has 2 rings (SSSR count). The second kappa shape index (κ2) is 6.16. The Bertz CT molecular complexity index is 429. The van der Waals surface area contributed by atoms with E-state index in [1.807, 2.05) is 6.92 Å². The number of aromatic nitrogens is 2. The molecule has 0 amide bonds. The van der Waals surface area contributed by atoms with E-state index in [4.69, 9.17) is 15.6 Å². The maximum atomic E-state index is 9.07. The van der Waals surface area contributed by atoms with E-state index in [-0.39, 0.29) is 12.6 Å². The molecule has 1 atom stereocenters. The molecule has 0 radical (unpaired) electrons. The highest BCUT2D eigenvalue weighted by Crippen LogP contribution is 2.39. The zero-order chi connectivity index (χ0) is 13.8. The molecule has 1 aromatic rings. The van der Waals surface area contributed by atoms with Crippen LogP contribution >= 0.6 is 0 Å². The van der Waals surface area contributed by atoms with Gasteiger partial charge in [-0.25, -0.2) is 9.97 Å². The largest absolute Gasteiger partial charge is 0.396 e. The molecule has 19 heavy (non-hydrogen) atoms. The average Bonchev–Trinajstić information content (AvgIpc) is 3.19. The first-order valence-electron chi connectivity index (χ1n) is 6.66. The van der Waals surface area contributed by atoms with E-state index in [1.54, 1.807) is 7.11 Å². The molecule has 1 aromatic heterocycles. The average molecular weight is 266 g/mol. The molecular weight excluding hydrogens is 244 g/mol. The molecule has 0 bridgehead atoms. The van der Waals surface area contributed by atoms with Gasteiger partial charge in [-0.3, -0.25) is 0 Å². The van der Waals surface area contributed by atoms with E-state index in [9.17, 15) is 0 Å². The zero-order valence-corrected chi connectivity index (χ0v) is 11.5. The molecule has 6 nitrogen and oxygen atoms in total. The van der Waals surface area contributed by atoms with Crippen molar-refractivity contribution in [3.8, 4) is 0 Å². The Morgan fingerprint density at radius 3 is 2.79 bits per heavy atom. The third-order valence-corrected chi connectivity index (χ3v) is 3.33. The van der Waals surface area contributed by atoms with E-state index in [0.29, 0.717) is 24.8 Å². The number of anilines is 2. The van der Waals surface area contributed by atoms with Gasteiger partial charge < -0.3 is 20.9 Å². The quantitative estimate of drug-likeness (QED) is 0.683. The molecule has 0 aromatic carbocycles. The van der Waals surface area contributed by atoms with Crippen molar-refractivity contribution in [1.29, 1.82) is 0 Å². The minimum atomic E-state index is 0.0232. The highest BCUT2D eigenvalue weighted by Gasteiger charge is 2.28. The highest BCUT2D eigenvalue weighted by atomic mass is 16.5. The van der Waals surface area contributed by atoms with Gasteiger partial charge in [0.05, 0.1) is 12.6 Å². The Labute approximate surface area is 113 Å². The lowest BCUT2D eigenvalue weighted by Gasteiger charge is -2.19. The van der Waals surface area contributed by atoms with Crippen molar-refractivity contribution in [1.82, 2.24) is 9.97 Å². The first-order chi connectivity index (χ1) is 9.15. The van der Waals surface area contributed by atoms with Gasteiger partial charge >= 0.3 is 0 Å². The van der Waals surface area contributed by atoms with Crippen LogP contribution in [-0.4, -0.2) is 41.4 Å². The number of aliphatic hydroxyl groups excluding tert-OH is 1. The van der Waals surface area contributed by atoms with Crippen LogP contribution in [0.2, 0.25) is 0 Å². The lowest BCUT2D eigenvalue weighted by Crippen LogP contribution is -2.27. The number of ether oxygens (including phenoxy) is 1. The minimum Gasteiger partial charge on any atom is -0.396 e. The molecule has 1 saturated carbocycles. The fourth-order valence-electron chi connectivity index (χ4n) is 1.96. The molecular formula is C13H22N4O2. The van der Waals surface area contributed by atoms with Crippen molar-refractivity contribution in [3.05, 3.63) is 11.4 Å². The van der Waals surface area contributed by atoms with Gasteiger partial charge in [0.25, 0.3) is 0 Å². The second-order valence-electron chi connectivity index (χ2n) is 5.02. The van der Waals surface area contributed by atoms with Crippen LogP contribution in [0.4, 0.5) is 11.6 Å². The highest BCUT2D eigenvalue weighted by molar-refractivity contribution is 5.55. The molecule has 0 spiro atoms. The van der Waals surface area contributed by atoms with Crippen molar-refractivity contribution in [2.75, 3.05) is 31.4 Å². The van der Waals surface area contributed by atoms with Gasteiger partial charge in [-0.1, -0.05) is 0 Å². The molecule has 1 heterocycles. The third kappa shape index (κ3) is 3.54. The summed E-state index contributed by atoms with van der Waals surface area (Å²) in [5, 5.41) is 12.4. The van der Waals surface area contributed by atoms with E-state index < -0.39 is 0 Å². The summed E-state index contributed by atoms with van der Waals surface area (Å²) in [6.07, 6.45) is 2.89. The normalized spacial score (nSPS) is 16.4. The number of rotatable bonds is 7. The summed E-state index contributed by atoms with van der Waals surface area (Å²) in [7, 11) is 1.64. The smallest absolute Gasteiger partial charge is 0.136 e. The Balaban J connectivity index is 2.17. The van der Waals surface area contributed by atoms with Crippen molar-refractivity contribution < 1.29 is 9.84 Å².